The van der Waals surface area contributed by atoms with Crippen molar-refractivity contribution in [2.75, 3.05) is 18.4 Å². The Hall–Kier alpha value is -3.14. The predicted molar refractivity (Wildman–Crippen MR) is 89.9 cm³/mol. The number of fused-ring (bicyclic) bond motifs is 1. The fraction of sp³-hybridized carbons (Fsp3) is 0.143. The van der Waals surface area contributed by atoms with Crippen molar-refractivity contribution in [1.29, 1.82) is 0 Å². The number of carbonyl (C=O) groups excluding carboxylic acids is 1. The second-order valence-electron chi connectivity index (χ2n) is 4.74. The monoisotopic (exact) mass is 346 g/mol. The summed E-state index contributed by atoms with van der Waals surface area (Å²) < 4.78 is 0. The summed E-state index contributed by atoms with van der Waals surface area (Å²) in [5, 5.41) is 19.1. The Kier molecular flexibility index (Phi) is 4.57. The molecule has 3 aromatic rings. The molecule has 0 unspecified atom stereocenters. The molecule has 0 aliphatic rings. The Morgan fingerprint density at radius 3 is 2.88 bits per heavy atom. The van der Waals surface area contributed by atoms with Crippen molar-refractivity contribution in [3.63, 3.8) is 0 Å². The zero-order chi connectivity index (χ0) is 16.9. The van der Waals surface area contributed by atoms with Crippen LogP contribution in [0.25, 0.3) is 11.0 Å². The molecule has 24 heavy (non-hydrogen) atoms. The van der Waals surface area contributed by atoms with Crippen LogP contribution in [0, 0.1) is 0 Å². The molecule has 10 heteroatoms. The molecular weight excluding hydrogens is 332 g/mol. The highest BCUT2D eigenvalue weighted by atomic mass is 32.1. The quantitative estimate of drug-likeness (QED) is 0.432. The van der Waals surface area contributed by atoms with Crippen LogP contribution < -0.4 is 16.0 Å². The van der Waals surface area contributed by atoms with Gasteiger partial charge < -0.3 is 26.0 Å². The molecule has 3 heterocycles. The largest absolute Gasteiger partial charge is 0.465 e. The number of nitrogens with one attached hydrogen (secondary N) is 4. The highest BCUT2D eigenvalue weighted by Crippen LogP contribution is 2.27. The van der Waals surface area contributed by atoms with Gasteiger partial charge in [-0.1, -0.05) is 0 Å². The molecule has 0 radical (unpaired) electrons. The van der Waals surface area contributed by atoms with Crippen molar-refractivity contribution in [1.82, 2.24) is 25.6 Å². The standard InChI is InChI=1S/C14H14N6O3S/c21-13(16-4-5-17-14(22)23)10-9(2-6-24-10)20-12-8-1-3-15-11(8)18-7-19-12/h1-3,6-7,17H,4-5H2,(H,16,21)(H,22,23)(H2,15,18,19,20). The van der Waals surface area contributed by atoms with Crippen LogP contribution in [0.3, 0.4) is 0 Å². The van der Waals surface area contributed by atoms with E-state index in [-0.39, 0.29) is 19.0 Å². The molecule has 3 aromatic heterocycles. The van der Waals surface area contributed by atoms with Gasteiger partial charge in [0.15, 0.2) is 0 Å². The van der Waals surface area contributed by atoms with Crippen LogP contribution in [0.1, 0.15) is 9.67 Å². The van der Waals surface area contributed by atoms with Crippen molar-refractivity contribution in [3.05, 3.63) is 34.9 Å². The Morgan fingerprint density at radius 2 is 2.04 bits per heavy atom. The van der Waals surface area contributed by atoms with E-state index in [0.29, 0.717) is 22.0 Å². The number of hydrogen-bond acceptors (Lipinski definition) is 6. The van der Waals surface area contributed by atoms with Crippen LogP contribution in [-0.4, -0.2) is 45.1 Å². The summed E-state index contributed by atoms with van der Waals surface area (Å²) >= 11 is 1.29. The molecular formula is C14H14N6O3S. The Balaban J connectivity index is 1.70. The third-order valence-electron chi connectivity index (χ3n) is 3.17. The SMILES string of the molecule is O=C(O)NCCNC(=O)c1sccc1Nc1ncnc2[nH]ccc12. The average molecular weight is 346 g/mol. The molecule has 3 rings (SSSR count). The van der Waals surface area contributed by atoms with Crippen molar-refractivity contribution in [3.8, 4) is 0 Å². The Bertz CT molecular complexity index is 874. The highest BCUT2D eigenvalue weighted by Gasteiger charge is 2.14. The van der Waals surface area contributed by atoms with E-state index in [9.17, 15) is 9.59 Å². The lowest BCUT2D eigenvalue weighted by Gasteiger charge is -2.08. The molecule has 5 N–H and O–H groups in total. The molecule has 0 aliphatic heterocycles. The van der Waals surface area contributed by atoms with E-state index in [0.717, 1.165) is 5.39 Å². The number of anilines is 2. The average Bonchev–Trinajstić information content (AvgIpc) is 3.20. The van der Waals surface area contributed by atoms with Gasteiger partial charge in [-0.05, 0) is 17.5 Å². The first-order valence-electron chi connectivity index (χ1n) is 7.03. The fourth-order valence-corrected chi connectivity index (χ4v) is 2.87. The number of amides is 2. The summed E-state index contributed by atoms with van der Waals surface area (Å²) in [6.45, 7) is 0.350. The number of aromatic amines is 1. The van der Waals surface area contributed by atoms with Gasteiger partial charge in [0, 0.05) is 19.3 Å². The predicted octanol–water partition coefficient (Wildman–Crippen LogP) is 1.76. The van der Waals surface area contributed by atoms with Crippen molar-refractivity contribution in [2.45, 2.75) is 0 Å². The van der Waals surface area contributed by atoms with Crippen LogP contribution in [0.2, 0.25) is 0 Å². The van der Waals surface area contributed by atoms with Crippen molar-refractivity contribution < 1.29 is 14.7 Å². The summed E-state index contributed by atoms with van der Waals surface area (Å²) in [7, 11) is 0. The van der Waals surface area contributed by atoms with E-state index in [2.05, 4.69) is 30.9 Å². The Morgan fingerprint density at radius 1 is 1.21 bits per heavy atom. The van der Waals surface area contributed by atoms with Gasteiger partial charge in [-0.15, -0.1) is 11.3 Å². The number of H-pyrrole nitrogens is 1. The third kappa shape index (κ3) is 3.43. The number of nitrogens with zero attached hydrogens (tertiary/aromatic N) is 2. The van der Waals surface area contributed by atoms with E-state index >= 15 is 0 Å². The smallest absolute Gasteiger partial charge is 0.404 e. The van der Waals surface area contributed by atoms with Gasteiger partial charge >= 0.3 is 6.09 Å². The van der Waals surface area contributed by atoms with E-state index in [1.54, 1.807) is 17.6 Å². The fourth-order valence-electron chi connectivity index (χ4n) is 2.11. The molecule has 0 fully saturated rings. The lowest BCUT2D eigenvalue weighted by atomic mass is 10.3. The second-order valence-corrected chi connectivity index (χ2v) is 5.65. The number of aromatic nitrogens is 3. The number of carbonyl (C=O) groups is 2. The van der Waals surface area contributed by atoms with Gasteiger partial charge in [0.1, 0.15) is 22.7 Å². The molecule has 0 bridgehead atoms. The van der Waals surface area contributed by atoms with E-state index < -0.39 is 6.09 Å². The number of rotatable bonds is 6. The van der Waals surface area contributed by atoms with Crippen molar-refractivity contribution >= 4 is 45.9 Å². The maximum Gasteiger partial charge on any atom is 0.404 e. The molecule has 9 nitrogen and oxygen atoms in total. The van der Waals surface area contributed by atoms with E-state index in [1.165, 1.54) is 17.7 Å². The van der Waals surface area contributed by atoms with Gasteiger partial charge in [-0.25, -0.2) is 14.8 Å². The lowest BCUT2D eigenvalue weighted by Crippen LogP contribution is -2.33. The Labute approximate surface area is 140 Å². The number of thiophene rings is 1. The maximum absolute atomic E-state index is 12.2. The molecule has 2 amide bonds. The van der Waals surface area contributed by atoms with Crippen LogP contribution >= 0.6 is 11.3 Å². The first-order chi connectivity index (χ1) is 11.6. The molecule has 0 atom stereocenters. The van der Waals surface area contributed by atoms with Crippen LogP contribution in [-0.2, 0) is 0 Å². The summed E-state index contributed by atoms with van der Waals surface area (Å²) in [4.78, 5) is 34.4. The molecule has 0 spiro atoms. The third-order valence-corrected chi connectivity index (χ3v) is 4.08. The zero-order valence-electron chi connectivity index (χ0n) is 12.4. The van der Waals surface area contributed by atoms with Gasteiger partial charge in [0.25, 0.3) is 5.91 Å². The summed E-state index contributed by atoms with van der Waals surface area (Å²) in [5.74, 6) is 0.320. The minimum absolute atomic E-state index is 0.144. The summed E-state index contributed by atoms with van der Waals surface area (Å²) in [6.07, 6.45) is 2.08. The van der Waals surface area contributed by atoms with Crippen molar-refractivity contribution in [2.24, 2.45) is 0 Å². The van der Waals surface area contributed by atoms with Gasteiger partial charge in [0.05, 0.1) is 11.1 Å². The van der Waals surface area contributed by atoms with Crippen LogP contribution in [0.15, 0.2) is 30.0 Å². The van der Waals surface area contributed by atoms with E-state index in [1.807, 2.05) is 6.07 Å². The lowest BCUT2D eigenvalue weighted by molar-refractivity contribution is 0.0958. The molecule has 0 saturated heterocycles. The normalized spacial score (nSPS) is 10.5. The van der Waals surface area contributed by atoms with Crippen LogP contribution in [0.4, 0.5) is 16.3 Å². The number of carboxylic acid groups (broad SMARTS) is 1. The minimum atomic E-state index is -1.12. The number of hydrogen-bond donors (Lipinski definition) is 5. The molecule has 0 saturated carbocycles. The molecule has 0 aromatic carbocycles. The molecule has 0 aliphatic carbocycles. The van der Waals surface area contributed by atoms with Gasteiger partial charge in [-0.3, -0.25) is 4.79 Å². The van der Waals surface area contributed by atoms with Gasteiger partial charge in [-0.2, -0.15) is 0 Å². The highest BCUT2D eigenvalue weighted by molar-refractivity contribution is 7.12. The maximum atomic E-state index is 12.2. The summed E-state index contributed by atoms with van der Waals surface area (Å²) in [5.41, 5.74) is 1.33. The minimum Gasteiger partial charge on any atom is -0.465 e. The topological polar surface area (TPSA) is 132 Å². The molecule has 124 valence electrons. The zero-order valence-corrected chi connectivity index (χ0v) is 13.2. The van der Waals surface area contributed by atoms with E-state index in [4.69, 9.17) is 5.11 Å². The first kappa shape index (κ1) is 15.7. The second kappa shape index (κ2) is 6.96. The summed E-state index contributed by atoms with van der Waals surface area (Å²) in [6, 6.07) is 3.64. The first-order valence-corrected chi connectivity index (χ1v) is 7.90. The van der Waals surface area contributed by atoms with Gasteiger partial charge in [0.2, 0.25) is 0 Å². The van der Waals surface area contributed by atoms with Crippen LogP contribution in [0.5, 0.6) is 0 Å².